The molecule has 1 unspecified atom stereocenters. The second-order valence-corrected chi connectivity index (χ2v) is 6.78. The number of nitrogens with zero attached hydrogens (tertiary/aromatic N) is 1. The van der Waals surface area contributed by atoms with Gasteiger partial charge in [0.1, 0.15) is 11.5 Å². The van der Waals surface area contributed by atoms with Crippen LogP contribution in [-0.4, -0.2) is 38.9 Å². The third-order valence-corrected chi connectivity index (χ3v) is 5.29. The highest BCUT2D eigenvalue weighted by atomic mass is 79.9. The number of benzene rings is 1. The van der Waals surface area contributed by atoms with E-state index in [1.807, 2.05) is 0 Å². The minimum atomic E-state index is -0.235. The zero-order valence-corrected chi connectivity index (χ0v) is 12.6. The number of piperidine rings is 1. The van der Waals surface area contributed by atoms with Gasteiger partial charge in [-0.15, -0.1) is 0 Å². The van der Waals surface area contributed by atoms with Crippen LogP contribution < -0.4 is 0 Å². The fraction of sp³-hybridized carbons (Fsp3) is 0.500. The van der Waals surface area contributed by atoms with Crippen LogP contribution in [0.4, 0.5) is 0 Å². The Bertz CT molecular complexity index is 501. The van der Waals surface area contributed by atoms with E-state index >= 15 is 0 Å². The Kier molecular flexibility index (Phi) is 3.76. The Balaban J connectivity index is 2.23. The number of likely N-dealkylation sites (tertiary alicyclic amines) is 1. The summed E-state index contributed by atoms with van der Waals surface area (Å²) in [7, 11) is 0. The van der Waals surface area contributed by atoms with Crippen molar-refractivity contribution < 1.29 is 15.0 Å². The summed E-state index contributed by atoms with van der Waals surface area (Å²) in [6, 6.07) is 4.01. The van der Waals surface area contributed by atoms with Gasteiger partial charge in [-0.05, 0) is 30.0 Å². The number of hydrogen-bond donors (Lipinski definition) is 2. The van der Waals surface area contributed by atoms with E-state index < -0.39 is 0 Å². The first kappa shape index (κ1) is 14.2. The van der Waals surface area contributed by atoms with Gasteiger partial charge in [-0.2, -0.15) is 0 Å². The van der Waals surface area contributed by atoms with Crippen LogP contribution in [0.15, 0.2) is 18.2 Å². The van der Waals surface area contributed by atoms with Gasteiger partial charge in [0.05, 0.1) is 5.56 Å². The lowest BCUT2D eigenvalue weighted by molar-refractivity contribution is 0.0598. The second-order valence-electron chi connectivity index (χ2n) is 5.67. The maximum atomic E-state index is 12.4. The number of alkyl halides is 1. The van der Waals surface area contributed by atoms with Gasteiger partial charge in [0.15, 0.2) is 0 Å². The molecule has 19 heavy (non-hydrogen) atoms. The predicted octanol–water partition coefficient (Wildman–Crippen LogP) is 2.73. The van der Waals surface area contributed by atoms with Crippen LogP contribution in [0.25, 0.3) is 0 Å². The molecular formula is C14H18BrNO3. The fourth-order valence-corrected chi connectivity index (χ4v) is 2.72. The zero-order chi connectivity index (χ0) is 14.2. The molecule has 1 aliphatic heterocycles. The third-order valence-electron chi connectivity index (χ3n) is 3.60. The van der Waals surface area contributed by atoms with Crippen molar-refractivity contribution in [2.75, 3.05) is 13.1 Å². The molecule has 2 rings (SSSR count). The minimum Gasteiger partial charge on any atom is -0.508 e. The van der Waals surface area contributed by atoms with Crippen LogP contribution in [0.3, 0.4) is 0 Å². The van der Waals surface area contributed by atoms with E-state index in [2.05, 4.69) is 29.8 Å². The molecule has 1 aromatic carbocycles. The molecule has 0 aliphatic carbocycles. The first-order valence-electron chi connectivity index (χ1n) is 6.26. The van der Waals surface area contributed by atoms with E-state index in [0.29, 0.717) is 17.9 Å². The Labute approximate surface area is 121 Å². The van der Waals surface area contributed by atoms with Gasteiger partial charge in [-0.25, -0.2) is 0 Å². The molecule has 104 valence electrons. The van der Waals surface area contributed by atoms with Crippen molar-refractivity contribution in [1.29, 1.82) is 0 Å². The molecule has 1 amide bonds. The highest BCUT2D eigenvalue weighted by Crippen LogP contribution is 2.35. The highest BCUT2D eigenvalue weighted by molar-refractivity contribution is 9.09. The maximum Gasteiger partial charge on any atom is 0.257 e. The standard InChI is InChI=1S/C14H18BrNO3/c1-14(2)8-16(6-5-12(14)15)13(19)10-7-9(17)3-4-11(10)18/h3-4,7,12,17-18H,5-6,8H2,1-2H3. The number of hydrogen-bond acceptors (Lipinski definition) is 3. The molecule has 0 spiro atoms. The monoisotopic (exact) mass is 327 g/mol. The van der Waals surface area contributed by atoms with Gasteiger partial charge in [0, 0.05) is 17.9 Å². The number of halogens is 1. The van der Waals surface area contributed by atoms with Gasteiger partial charge in [-0.3, -0.25) is 4.79 Å². The zero-order valence-electron chi connectivity index (χ0n) is 11.1. The molecule has 0 aromatic heterocycles. The lowest BCUT2D eigenvalue weighted by Crippen LogP contribution is -2.48. The molecule has 1 heterocycles. The Morgan fingerprint density at radius 1 is 1.42 bits per heavy atom. The van der Waals surface area contributed by atoms with E-state index in [4.69, 9.17) is 0 Å². The van der Waals surface area contributed by atoms with E-state index in [0.717, 1.165) is 6.42 Å². The summed E-state index contributed by atoms with van der Waals surface area (Å²) in [4.78, 5) is 14.5. The Morgan fingerprint density at radius 3 is 2.74 bits per heavy atom. The van der Waals surface area contributed by atoms with E-state index in [9.17, 15) is 15.0 Å². The molecule has 4 nitrogen and oxygen atoms in total. The van der Waals surface area contributed by atoms with Gasteiger partial charge in [0.25, 0.3) is 5.91 Å². The molecule has 1 aliphatic rings. The van der Waals surface area contributed by atoms with Gasteiger partial charge >= 0.3 is 0 Å². The smallest absolute Gasteiger partial charge is 0.257 e. The number of carbonyl (C=O) groups excluding carboxylic acids is 1. The lowest BCUT2D eigenvalue weighted by atomic mass is 9.83. The van der Waals surface area contributed by atoms with Crippen molar-refractivity contribution in [1.82, 2.24) is 4.90 Å². The number of amides is 1. The number of rotatable bonds is 1. The quantitative estimate of drug-likeness (QED) is 0.616. The van der Waals surface area contributed by atoms with Crippen molar-refractivity contribution >= 4 is 21.8 Å². The predicted molar refractivity (Wildman–Crippen MR) is 76.8 cm³/mol. The van der Waals surface area contributed by atoms with Crippen molar-refractivity contribution in [3.63, 3.8) is 0 Å². The van der Waals surface area contributed by atoms with Crippen LogP contribution in [0.5, 0.6) is 11.5 Å². The Hall–Kier alpha value is -1.23. The third kappa shape index (κ3) is 2.86. The minimum absolute atomic E-state index is 0.0135. The van der Waals surface area contributed by atoms with Crippen LogP contribution in [0.1, 0.15) is 30.6 Å². The van der Waals surface area contributed by atoms with Crippen molar-refractivity contribution in [3.05, 3.63) is 23.8 Å². The average Bonchev–Trinajstić information content (AvgIpc) is 2.35. The molecule has 0 saturated carbocycles. The van der Waals surface area contributed by atoms with Crippen molar-refractivity contribution in [2.24, 2.45) is 5.41 Å². The summed E-state index contributed by atoms with van der Waals surface area (Å²) in [5, 5.41) is 19.2. The molecule has 1 saturated heterocycles. The number of aromatic hydroxyl groups is 2. The van der Waals surface area contributed by atoms with Crippen molar-refractivity contribution in [3.8, 4) is 11.5 Å². The molecule has 1 atom stereocenters. The molecule has 0 bridgehead atoms. The molecule has 5 heteroatoms. The highest BCUT2D eigenvalue weighted by Gasteiger charge is 2.36. The topological polar surface area (TPSA) is 60.8 Å². The van der Waals surface area contributed by atoms with E-state index in [1.165, 1.54) is 18.2 Å². The summed E-state index contributed by atoms with van der Waals surface area (Å²) in [6.45, 7) is 5.48. The summed E-state index contributed by atoms with van der Waals surface area (Å²) in [5.41, 5.74) is 0.143. The molecule has 1 fully saturated rings. The number of carbonyl (C=O) groups is 1. The van der Waals surface area contributed by atoms with Crippen LogP contribution in [0, 0.1) is 5.41 Å². The van der Waals surface area contributed by atoms with Crippen LogP contribution in [0.2, 0.25) is 0 Å². The van der Waals surface area contributed by atoms with Crippen LogP contribution >= 0.6 is 15.9 Å². The second kappa shape index (κ2) is 5.04. The fourth-order valence-electron chi connectivity index (χ4n) is 2.37. The lowest BCUT2D eigenvalue weighted by Gasteiger charge is -2.41. The largest absolute Gasteiger partial charge is 0.508 e. The molecule has 0 radical (unpaired) electrons. The normalized spacial score (nSPS) is 22.3. The molecule has 2 N–H and O–H groups in total. The summed E-state index contributed by atoms with van der Waals surface area (Å²) in [6.07, 6.45) is 0.873. The summed E-state index contributed by atoms with van der Waals surface area (Å²) >= 11 is 3.64. The van der Waals surface area contributed by atoms with E-state index in [1.54, 1.807) is 4.90 Å². The van der Waals surface area contributed by atoms with Gasteiger partial charge in [-0.1, -0.05) is 29.8 Å². The van der Waals surface area contributed by atoms with E-state index in [-0.39, 0.29) is 28.4 Å². The first-order chi connectivity index (χ1) is 8.81. The van der Waals surface area contributed by atoms with Crippen molar-refractivity contribution in [2.45, 2.75) is 25.1 Å². The number of phenols is 2. The molecular weight excluding hydrogens is 310 g/mol. The maximum absolute atomic E-state index is 12.4. The van der Waals surface area contributed by atoms with Gasteiger partial charge in [0.2, 0.25) is 0 Å². The molecule has 1 aromatic rings. The van der Waals surface area contributed by atoms with Gasteiger partial charge < -0.3 is 15.1 Å². The Morgan fingerprint density at radius 2 is 2.11 bits per heavy atom. The summed E-state index contributed by atoms with van der Waals surface area (Å²) < 4.78 is 0. The number of phenolic OH excluding ortho intramolecular Hbond substituents is 2. The van der Waals surface area contributed by atoms with Crippen LogP contribution in [-0.2, 0) is 0 Å². The average molecular weight is 328 g/mol. The first-order valence-corrected chi connectivity index (χ1v) is 7.18. The summed E-state index contributed by atoms with van der Waals surface area (Å²) in [5.74, 6) is -0.349. The SMILES string of the molecule is CC1(C)CN(C(=O)c2cc(O)ccc2O)CCC1Br.